The van der Waals surface area contributed by atoms with Crippen LogP contribution in [-0.2, 0) is 6.54 Å². The van der Waals surface area contributed by atoms with Crippen molar-refractivity contribution >= 4 is 0 Å². The van der Waals surface area contributed by atoms with Crippen LogP contribution in [0.3, 0.4) is 0 Å². The molecule has 5 heteroatoms. The number of nitrogens with zero attached hydrogens (tertiary/aromatic N) is 4. The van der Waals surface area contributed by atoms with E-state index < -0.39 is 0 Å². The van der Waals surface area contributed by atoms with E-state index >= 15 is 0 Å². The first-order valence-corrected chi connectivity index (χ1v) is 6.87. The van der Waals surface area contributed by atoms with Crippen LogP contribution in [0.1, 0.15) is 17.8 Å². The molecule has 3 heterocycles. The largest absolute Gasteiger partial charge is 0.473 e. The molecule has 1 unspecified atom stereocenters. The molecule has 0 bridgehead atoms. The second kappa shape index (κ2) is 5.96. The van der Waals surface area contributed by atoms with E-state index in [4.69, 9.17) is 4.74 Å². The Balaban J connectivity index is 1.53. The SMILES string of the molecule is Cc1ncc(CN2CCC(Oc3ccccn3)C2)cn1. The first kappa shape index (κ1) is 13.0. The van der Waals surface area contributed by atoms with E-state index in [1.165, 1.54) is 0 Å². The summed E-state index contributed by atoms with van der Waals surface area (Å²) in [5.41, 5.74) is 1.15. The fourth-order valence-corrected chi connectivity index (χ4v) is 2.38. The van der Waals surface area contributed by atoms with Gasteiger partial charge in [-0.1, -0.05) is 6.07 Å². The molecule has 0 aromatic carbocycles. The first-order valence-electron chi connectivity index (χ1n) is 6.87. The number of aryl methyl sites for hydroxylation is 1. The van der Waals surface area contributed by atoms with E-state index in [9.17, 15) is 0 Å². The van der Waals surface area contributed by atoms with E-state index in [1.807, 2.05) is 37.5 Å². The summed E-state index contributed by atoms with van der Waals surface area (Å²) in [6.45, 7) is 4.73. The van der Waals surface area contributed by atoms with Crippen LogP contribution in [0.2, 0.25) is 0 Å². The summed E-state index contributed by atoms with van der Waals surface area (Å²) < 4.78 is 5.88. The molecule has 0 N–H and O–H groups in total. The molecule has 1 saturated heterocycles. The maximum Gasteiger partial charge on any atom is 0.213 e. The van der Waals surface area contributed by atoms with Crippen LogP contribution < -0.4 is 4.74 Å². The molecule has 0 radical (unpaired) electrons. The predicted molar refractivity (Wildman–Crippen MR) is 75.3 cm³/mol. The minimum atomic E-state index is 0.219. The van der Waals surface area contributed by atoms with Gasteiger partial charge in [-0.2, -0.15) is 0 Å². The van der Waals surface area contributed by atoms with E-state index in [0.717, 1.165) is 37.4 Å². The van der Waals surface area contributed by atoms with Gasteiger partial charge < -0.3 is 4.74 Å². The third kappa shape index (κ3) is 3.30. The molecule has 0 spiro atoms. The van der Waals surface area contributed by atoms with Crippen LogP contribution in [0, 0.1) is 6.92 Å². The second-order valence-corrected chi connectivity index (χ2v) is 5.07. The number of rotatable bonds is 4. The molecule has 3 rings (SSSR count). The third-order valence-electron chi connectivity index (χ3n) is 3.39. The molecule has 2 aromatic rings. The smallest absolute Gasteiger partial charge is 0.213 e. The number of aromatic nitrogens is 3. The van der Waals surface area contributed by atoms with Gasteiger partial charge in [0.15, 0.2) is 0 Å². The lowest BCUT2D eigenvalue weighted by atomic mass is 10.3. The molecule has 1 fully saturated rings. The standard InChI is InChI=1S/C15H18N4O/c1-12-17-8-13(9-18-12)10-19-7-5-14(11-19)20-15-4-2-3-6-16-15/h2-4,6,8-9,14H,5,7,10-11H2,1H3. The van der Waals surface area contributed by atoms with Gasteiger partial charge in [0.2, 0.25) is 5.88 Å². The lowest BCUT2D eigenvalue weighted by molar-refractivity contribution is 0.191. The topological polar surface area (TPSA) is 51.1 Å². The molecule has 1 atom stereocenters. The van der Waals surface area contributed by atoms with Crippen molar-refractivity contribution in [2.24, 2.45) is 0 Å². The minimum Gasteiger partial charge on any atom is -0.473 e. The van der Waals surface area contributed by atoms with Crippen molar-refractivity contribution in [1.29, 1.82) is 0 Å². The van der Waals surface area contributed by atoms with Crippen molar-refractivity contribution in [1.82, 2.24) is 19.9 Å². The summed E-state index contributed by atoms with van der Waals surface area (Å²) in [7, 11) is 0. The molecule has 2 aromatic heterocycles. The Morgan fingerprint density at radius 3 is 2.85 bits per heavy atom. The van der Waals surface area contributed by atoms with Crippen molar-refractivity contribution in [3.63, 3.8) is 0 Å². The van der Waals surface area contributed by atoms with Crippen molar-refractivity contribution < 1.29 is 4.74 Å². The molecule has 5 nitrogen and oxygen atoms in total. The van der Waals surface area contributed by atoms with Gasteiger partial charge in [-0.3, -0.25) is 4.90 Å². The Morgan fingerprint density at radius 2 is 2.10 bits per heavy atom. The van der Waals surface area contributed by atoms with Crippen molar-refractivity contribution in [2.75, 3.05) is 13.1 Å². The Labute approximate surface area is 118 Å². The van der Waals surface area contributed by atoms with Crippen molar-refractivity contribution in [3.8, 4) is 5.88 Å². The van der Waals surface area contributed by atoms with Gasteiger partial charge in [0.1, 0.15) is 11.9 Å². The second-order valence-electron chi connectivity index (χ2n) is 5.07. The van der Waals surface area contributed by atoms with Gasteiger partial charge in [0.25, 0.3) is 0 Å². The lowest BCUT2D eigenvalue weighted by Gasteiger charge is -2.16. The number of hydrogen-bond acceptors (Lipinski definition) is 5. The quantitative estimate of drug-likeness (QED) is 0.848. The summed E-state index contributed by atoms with van der Waals surface area (Å²) in [5, 5.41) is 0. The average Bonchev–Trinajstić information content (AvgIpc) is 2.90. The van der Waals surface area contributed by atoms with E-state index in [-0.39, 0.29) is 6.10 Å². The van der Waals surface area contributed by atoms with Crippen LogP contribution in [0.15, 0.2) is 36.8 Å². The summed E-state index contributed by atoms with van der Waals surface area (Å²) >= 11 is 0. The number of hydrogen-bond donors (Lipinski definition) is 0. The van der Waals surface area contributed by atoms with E-state index in [2.05, 4.69) is 19.9 Å². The molecule has 0 amide bonds. The predicted octanol–water partition coefficient (Wildman–Crippen LogP) is 1.83. The Hall–Kier alpha value is -2.01. The maximum absolute atomic E-state index is 5.88. The molecular weight excluding hydrogens is 252 g/mol. The summed E-state index contributed by atoms with van der Waals surface area (Å²) in [6.07, 6.45) is 6.80. The van der Waals surface area contributed by atoms with Crippen molar-refractivity contribution in [2.45, 2.75) is 26.0 Å². The highest BCUT2D eigenvalue weighted by Crippen LogP contribution is 2.17. The first-order chi connectivity index (χ1) is 9.79. The highest BCUT2D eigenvalue weighted by Gasteiger charge is 2.24. The fourth-order valence-electron chi connectivity index (χ4n) is 2.38. The monoisotopic (exact) mass is 270 g/mol. The van der Waals surface area contributed by atoms with Gasteiger partial charge in [-0.25, -0.2) is 15.0 Å². The average molecular weight is 270 g/mol. The Bertz CT molecular complexity index is 544. The molecule has 104 valence electrons. The molecule has 1 aliphatic heterocycles. The molecule has 0 saturated carbocycles. The van der Waals surface area contributed by atoms with Crippen LogP contribution >= 0.6 is 0 Å². The zero-order chi connectivity index (χ0) is 13.8. The van der Waals surface area contributed by atoms with Crippen LogP contribution in [-0.4, -0.2) is 39.0 Å². The van der Waals surface area contributed by atoms with Gasteiger partial charge >= 0.3 is 0 Å². The Morgan fingerprint density at radius 1 is 1.25 bits per heavy atom. The highest BCUT2D eigenvalue weighted by atomic mass is 16.5. The fraction of sp³-hybridized carbons (Fsp3) is 0.400. The van der Waals surface area contributed by atoms with Crippen molar-refractivity contribution in [3.05, 3.63) is 48.2 Å². The van der Waals surface area contributed by atoms with Gasteiger partial charge in [0, 0.05) is 49.9 Å². The van der Waals surface area contributed by atoms with Gasteiger partial charge in [-0.15, -0.1) is 0 Å². The summed E-state index contributed by atoms with van der Waals surface area (Å²) in [5.74, 6) is 1.52. The van der Waals surface area contributed by atoms with Crippen LogP contribution in [0.4, 0.5) is 0 Å². The van der Waals surface area contributed by atoms with Gasteiger partial charge in [0.05, 0.1) is 0 Å². The molecule has 1 aliphatic rings. The maximum atomic E-state index is 5.88. The number of likely N-dealkylation sites (tertiary alicyclic amines) is 1. The number of ether oxygens (including phenoxy) is 1. The minimum absolute atomic E-state index is 0.219. The molecular formula is C15H18N4O. The zero-order valence-electron chi connectivity index (χ0n) is 11.6. The van der Waals surface area contributed by atoms with E-state index in [0.29, 0.717) is 5.88 Å². The molecule has 0 aliphatic carbocycles. The number of pyridine rings is 1. The van der Waals surface area contributed by atoms with Crippen LogP contribution in [0.25, 0.3) is 0 Å². The third-order valence-corrected chi connectivity index (χ3v) is 3.39. The van der Waals surface area contributed by atoms with E-state index in [1.54, 1.807) is 6.20 Å². The highest BCUT2D eigenvalue weighted by molar-refractivity contribution is 5.10. The Kier molecular flexibility index (Phi) is 3.87. The van der Waals surface area contributed by atoms with Crippen LogP contribution in [0.5, 0.6) is 5.88 Å². The lowest BCUT2D eigenvalue weighted by Crippen LogP contribution is -2.24. The summed E-state index contributed by atoms with van der Waals surface area (Å²) in [4.78, 5) is 15.0. The normalized spacial score (nSPS) is 19.1. The zero-order valence-corrected chi connectivity index (χ0v) is 11.6. The van der Waals surface area contributed by atoms with Gasteiger partial charge in [-0.05, 0) is 19.4 Å². The summed E-state index contributed by atoms with van der Waals surface area (Å²) in [6, 6.07) is 5.74. The molecule has 20 heavy (non-hydrogen) atoms.